The highest BCUT2D eigenvalue weighted by Crippen LogP contribution is 2.28. The molecule has 0 fully saturated rings. The number of esters is 1. The third-order valence-corrected chi connectivity index (χ3v) is 5.06. The van der Waals surface area contributed by atoms with Gasteiger partial charge in [0.1, 0.15) is 5.75 Å². The van der Waals surface area contributed by atoms with Crippen LogP contribution in [0.4, 0.5) is 5.69 Å². The summed E-state index contributed by atoms with van der Waals surface area (Å²) in [6.45, 7) is 5.50. The fourth-order valence-electron chi connectivity index (χ4n) is 3.24. The highest BCUT2D eigenvalue weighted by molar-refractivity contribution is 6.31. The summed E-state index contributed by atoms with van der Waals surface area (Å²) in [6, 6.07) is 8.87. The Balaban J connectivity index is 1.71. The number of amides is 3. The number of rotatable bonds is 7. The van der Waals surface area contributed by atoms with E-state index in [4.69, 9.17) is 21.1 Å². The number of nitrogens with one attached hydrogen (secondary N) is 1. The van der Waals surface area contributed by atoms with Crippen molar-refractivity contribution in [2.24, 2.45) is 5.92 Å². The summed E-state index contributed by atoms with van der Waals surface area (Å²) in [6.07, 6.45) is -1.14. The second-order valence-electron chi connectivity index (χ2n) is 7.76. The fraction of sp³-hybridized carbons (Fsp3) is 0.304. The molecule has 9 heteroatoms. The Morgan fingerprint density at radius 3 is 2.38 bits per heavy atom. The molecular weight excluding hydrogens is 436 g/mol. The van der Waals surface area contributed by atoms with Crippen LogP contribution in [-0.2, 0) is 9.53 Å². The van der Waals surface area contributed by atoms with E-state index in [-0.39, 0.29) is 35.1 Å². The molecule has 32 heavy (non-hydrogen) atoms. The number of ether oxygens (including phenoxy) is 2. The second kappa shape index (κ2) is 9.40. The van der Waals surface area contributed by atoms with Crippen LogP contribution in [0.5, 0.6) is 5.75 Å². The number of fused-ring (bicyclic) bond motifs is 1. The first-order valence-electron chi connectivity index (χ1n) is 9.98. The normalized spacial score (nSPS) is 13.8. The Bertz CT molecular complexity index is 1100. The molecule has 0 radical (unpaired) electrons. The van der Waals surface area contributed by atoms with Crippen LogP contribution >= 0.6 is 11.6 Å². The highest BCUT2D eigenvalue weighted by atomic mass is 35.5. The van der Waals surface area contributed by atoms with Crippen LogP contribution in [0.1, 0.15) is 51.8 Å². The minimum atomic E-state index is -1.14. The van der Waals surface area contributed by atoms with Gasteiger partial charge < -0.3 is 14.8 Å². The molecule has 8 nitrogen and oxygen atoms in total. The number of carbonyl (C=O) groups is 4. The lowest BCUT2D eigenvalue weighted by Crippen LogP contribution is -2.33. The summed E-state index contributed by atoms with van der Waals surface area (Å²) >= 11 is 5.96. The zero-order chi connectivity index (χ0) is 23.6. The van der Waals surface area contributed by atoms with Crippen LogP contribution in [-0.4, -0.2) is 48.3 Å². The van der Waals surface area contributed by atoms with Crippen molar-refractivity contribution in [1.82, 2.24) is 4.90 Å². The molecule has 0 aromatic heterocycles. The van der Waals surface area contributed by atoms with E-state index >= 15 is 0 Å². The van der Waals surface area contributed by atoms with E-state index in [9.17, 15) is 19.2 Å². The fourth-order valence-corrected chi connectivity index (χ4v) is 3.42. The van der Waals surface area contributed by atoms with Crippen LogP contribution in [0, 0.1) is 5.92 Å². The van der Waals surface area contributed by atoms with E-state index in [1.807, 2.05) is 13.8 Å². The third-order valence-electron chi connectivity index (χ3n) is 4.83. The number of imide groups is 1. The Morgan fingerprint density at radius 1 is 1.03 bits per heavy atom. The lowest BCUT2D eigenvalue weighted by atomic mass is 10.1. The molecule has 168 valence electrons. The van der Waals surface area contributed by atoms with Crippen LogP contribution < -0.4 is 10.1 Å². The van der Waals surface area contributed by atoms with Crippen LogP contribution in [0.15, 0.2) is 36.4 Å². The van der Waals surface area contributed by atoms with Crippen molar-refractivity contribution in [2.75, 3.05) is 19.0 Å². The molecule has 2 aromatic carbocycles. The zero-order valence-electron chi connectivity index (χ0n) is 18.1. The highest BCUT2D eigenvalue weighted by Gasteiger charge is 2.36. The van der Waals surface area contributed by atoms with Gasteiger partial charge in [-0.3, -0.25) is 19.3 Å². The van der Waals surface area contributed by atoms with Gasteiger partial charge in [-0.15, -0.1) is 0 Å². The first-order valence-corrected chi connectivity index (χ1v) is 10.4. The van der Waals surface area contributed by atoms with Gasteiger partial charge in [-0.2, -0.15) is 0 Å². The summed E-state index contributed by atoms with van der Waals surface area (Å²) < 4.78 is 10.4. The maximum atomic E-state index is 12.6. The molecule has 3 amide bonds. The Morgan fingerprint density at radius 2 is 1.72 bits per heavy atom. The monoisotopic (exact) mass is 458 g/mol. The number of hydrogen-bond donors (Lipinski definition) is 1. The van der Waals surface area contributed by atoms with Gasteiger partial charge in [-0.1, -0.05) is 25.4 Å². The summed E-state index contributed by atoms with van der Waals surface area (Å²) in [5.74, 6) is -1.72. The number of methoxy groups -OCH3 is 1. The minimum Gasteiger partial charge on any atom is -0.495 e. The van der Waals surface area contributed by atoms with Crippen molar-refractivity contribution in [3.05, 3.63) is 58.1 Å². The molecule has 1 aliphatic rings. The molecule has 3 rings (SSSR count). The van der Waals surface area contributed by atoms with Gasteiger partial charge in [0, 0.05) is 11.6 Å². The Labute approximate surface area is 190 Å². The summed E-state index contributed by atoms with van der Waals surface area (Å²) in [7, 11) is 1.45. The number of anilines is 1. The largest absolute Gasteiger partial charge is 0.495 e. The summed E-state index contributed by atoms with van der Waals surface area (Å²) in [5.41, 5.74) is 0.785. The van der Waals surface area contributed by atoms with Crippen LogP contribution in [0.25, 0.3) is 0 Å². The van der Waals surface area contributed by atoms with Gasteiger partial charge in [0.15, 0.2) is 6.10 Å². The molecule has 2 aromatic rings. The van der Waals surface area contributed by atoms with Crippen molar-refractivity contribution in [1.29, 1.82) is 0 Å². The van der Waals surface area contributed by atoms with Crippen molar-refractivity contribution >= 4 is 41.0 Å². The number of benzene rings is 2. The molecule has 1 atom stereocenters. The number of carbonyl (C=O) groups excluding carboxylic acids is 4. The van der Waals surface area contributed by atoms with E-state index in [0.717, 1.165) is 0 Å². The predicted molar refractivity (Wildman–Crippen MR) is 118 cm³/mol. The maximum absolute atomic E-state index is 12.6. The molecule has 0 saturated heterocycles. The van der Waals surface area contributed by atoms with Gasteiger partial charge >= 0.3 is 5.97 Å². The summed E-state index contributed by atoms with van der Waals surface area (Å²) in [5, 5.41) is 3.00. The molecule has 1 heterocycles. The quantitative estimate of drug-likeness (QED) is 0.500. The number of hydrogen-bond acceptors (Lipinski definition) is 6. The smallest absolute Gasteiger partial charge is 0.338 e. The SMILES string of the molecule is COc1ccc(Cl)cc1NC(=O)C(C)OC(=O)c1ccc2c(c1)C(=O)N(CC(C)C)C2=O. The summed E-state index contributed by atoms with van der Waals surface area (Å²) in [4.78, 5) is 51.3. The second-order valence-corrected chi connectivity index (χ2v) is 8.19. The molecule has 0 saturated carbocycles. The first kappa shape index (κ1) is 23.3. The van der Waals surface area contributed by atoms with Gasteiger partial charge in [0.2, 0.25) is 0 Å². The molecule has 0 aliphatic carbocycles. The lowest BCUT2D eigenvalue weighted by molar-refractivity contribution is -0.123. The average Bonchev–Trinajstić information content (AvgIpc) is 2.97. The molecular formula is C23H23ClN2O6. The van der Waals surface area contributed by atoms with Crippen molar-refractivity contribution < 1.29 is 28.7 Å². The van der Waals surface area contributed by atoms with E-state index < -0.39 is 23.9 Å². The maximum Gasteiger partial charge on any atom is 0.338 e. The van der Waals surface area contributed by atoms with Crippen LogP contribution in [0.3, 0.4) is 0 Å². The minimum absolute atomic E-state index is 0.0660. The number of nitrogens with zero attached hydrogens (tertiary/aromatic N) is 1. The average molecular weight is 459 g/mol. The Hall–Kier alpha value is -3.39. The van der Waals surface area contributed by atoms with Gasteiger partial charge in [0.25, 0.3) is 17.7 Å². The van der Waals surface area contributed by atoms with Crippen LogP contribution in [0.2, 0.25) is 5.02 Å². The number of halogens is 1. The molecule has 1 unspecified atom stereocenters. The standard InChI is InChI=1S/C23H23ClN2O6/c1-12(2)11-26-21(28)16-7-5-14(9-17(16)22(26)29)23(30)32-13(3)20(27)25-18-10-15(24)6-8-19(18)31-4/h5-10,12-13H,11H2,1-4H3,(H,25,27). The molecule has 1 N–H and O–H groups in total. The van der Waals surface area contributed by atoms with Crippen molar-refractivity contribution in [3.63, 3.8) is 0 Å². The van der Waals surface area contributed by atoms with Crippen molar-refractivity contribution in [3.8, 4) is 5.75 Å². The predicted octanol–water partition coefficient (Wildman–Crippen LogP) is 3.78. The molecule has 1 aliphatic heterocycles. The van der Waals surface area contributed by atoms with E-state index in [2.05, 4.69) is 5.32 Å². The van der Waals surface area contributed by atoms with Gasteiger partial charge in [-0.25, -0.2) is 4.79 Å². The van der Waals surface area contributed by atoms with Gasteiger partial charge in [0.05, 0.1) is 29.5 Å². The molecule has 0 spiro atoms. The topological polar surface area (TPSA) is 102 Å². The van der Waals surface area contributed by atoms with E-state index in [1.54, 1.807) is 12.1 Å². The first-order chi connectivity index (χ1) is 15.1. The van der Waals surface area contributed by atoms with Gasteiger partial charge in [-0.05, 0) is 49.2 Å². The molecule has 0 bridgehead atoms. The Kier molecular flexibility index (Phi) is 6.84. The zero-order valence-corrected chi connectivity index (χ0v) is 18.9. The van der Waals surface area contributed by atoms with E-state index in [0.29, 0.717) is 16.5 Å². The third kappa shape index (κ3) is 4.75. The van der Waals surface area contributed by atoms with E-state index in [1.165, 1.54) is 43.2 Å². The van der Waals surface area contributed by atoms with Crippen molar-refractivity contribution in [2.45, 2.75) is 26.9 Å². The lowest BCUT2D eigenvalue weighted by Gasteiger charge is -2.16.